The summed E-state index contributed by atoms with van der Waals surface area (Å²) in [6.45, 7) is 1.69. The molecule has 0 spiro atoms. The number of nitrogens with zero attached hydrogens (tertiary/aromatic N) is 2. The van der Waals surface area contributed by atoms with E-state index in [0.717, 1.165) is 16.8 Å². The first kappa shape index (κ1) is 16.7. The van der Waals surface area contributed by atoms with Crippen LogP contribution in [-0.2, 0) is 0 Å². The van der Waals surface area contributed by atoms with E-state index >= 15 is 0 Å². The maximum atomic E-state index is 12.3. The van der Waals surface area contributed by atoms with Crippen molar-refractivity contribution in [2.75, 3.05) is 11.9 Å². The van der Waals surface area contributed by atoms with Gasteiger partial charge in [-0.2, -0.15) is 0 Å². The second kappa shape index (κ2) is 7.63. The average molecular weight is 336 g/mol. The molecule has 25 heavy (non-hydrogen) atoms. The van der Waals surface area contributed by atoms with Gasteiger partial charge in [-0.05, 0) is 24.6 Å². The van der Waals surface area contributed by atoms with Crippen LogP contribution in [0.1, 0.15) is 17.2 Å². The number of anilines is 1. The topological polar surface area (TPSA) is 79.2 Å². The fraction of sp³-hybridized carbons (Fsp3) is 0.158. The summed E-state index contributed by atoms with van der Waals surface area (Å²) in [5, 5.41) is 19.4. The van der Waals surface area contributed by atoms with Crippen LogP contribution >= 0.6 is 0 Å². The maximum absolute atomic E-state index is 12.3. The summed E-state index contributed by atoms with van der Waals surface area (Å²) < 4.78 is 1.71. The molecule has 0 bridgehead atoms. The summed E-state index contributed by atoms with van der Waals surface area (Å²) in [4.78, 5) is 12.3. The van der Waals surface area contributed by atoms with Crippen molar-refractivity contribution in [3.8, 4) is 5.69 Å². The lowest BCUT2D eigenvalue weighted by atomic mass is 10.1. The third kappa shape index (κ3) is 4.05. The summed E-state index contributed by atoms with van der Waals surface area (Å²) in [5.41, 5.74) is 2.60. The standard InChI is InChI=1S/C19H20N4O2/c1-14-12-23(16-10-6-3-7-11-16)22-18(14)21-19(25)20-17(13-24)15-8-4-2-5-9-15/h2-12,17,24H,13H2,1H3,(H2,20,21,22,25)/t17-/m1/s1. The maximum Gasteiger partial charge on any atom is 0.321 e. The van der Waals surface area contributed by atoms with Crippen molar-refractivity contribution in [2.45, 2.75) is 13.0 Å². The van der Waals surface area contributed by atoms with E-state index in [0.29, 0.717) is 5.82 Å². The molecule has 0 fully saturated rings. The van der Waals surface area contributed by atoms with Crippen LogP contribution in [0.2, 0.25) is 0 Å². The molecule has 0 aliphatic rings. The van der Waals surface area contributed by atoms with Gasteiger partial charge in [0.05, 0.1) is 18.3 Å². The van der Waals surface area contributed by atoms with Crippen molar-refractivity contribution in [3.05, 3.63) is 78.0 Å². The van der Waals surface area contributed by atoms with Crippen molar-refractivity contribution in [1.82, 2.24) is 15.1 Å². The number of aliphatic hydroxyl groups excluding tert-OH is 1. The lowest BCUT2D eigenvalue weighted by Gasteiger charge is -2.16. The molecular weight excluding hydrogens is 316 g/mol. The van der Waals surface area contributed by atoms with E-state index in [-0.39, 0.29) is 6.61 Å². The molecule has 0 aliphatic heterocycles. The Bertz CT molecular complexity index is 831. The highest BCUT2D eigenvalue weighted by molar-refractivity contribution is 5.89. The van der Waals surface area contributed by atoms with Gasteiger partial charge in [0.2, 0.25) is 0 Å². The van der Waals surface area contributed by atoms with Gasteiger partial charge < -0.3 is 10.4 Å². The van der Waals surface area contributed by atoms with Crippen molar-refractivity contribution in [3.63, 3.8) is 0 Å². The first-order chi connectivity index (χ1) is 12.2. The van der Waals surface area contributed by atoms with Gasteiger partial charge in [0.15, 0.2) is 5.82 Å². The van der Waals surface area contributed by atoms with Crippen LogP contribution in [0, 0.1) is 6.92 Å². The molecule has 6 heteroatoms. The number of carbonyl (C=O) groups excluding carboxylic acids is 1. The molecule has 0 saturated heterocycles. The number of rotatable bonds is 5. The van der Waals surface area contributed by atoms with E-state index in [1.807, 2.05) is 73.8 Å². The molecular formula is C19H20N4O2. The van der Waals surface area contributed by atoms with E-state index in [2.05, 4.69) is 15.7 Å². The SMILES string of the molecule is Cc1cn(-c2ccccc2)nc1NC(=O)N[C@H](CO)c1ccccc1. The van der Waals surface area contributed by atoms with E-state index in [4.69, 9.17) is 0 Å². The molecule has 6 nitrogen and oxygen atoms in total. The third-order valence-corrected chi connectivity index (χ3v) is 3.84. The van der Waals surface area contributed by atoms with E-state index < -0.39 is 12.1 Å². The molecule has 1 atom stereocenters. The van der Waals surface area contributed by atoms with Crippen LogP contribution in [0.3, 0.4) is 0 Å². The molecule has 0 unspecified atom stereocenters. The Morgan fingerprint density at radius 1 is 1.12 bits per heavy atom. The Labute approximate surface area is 146 Å². The van der Waals surface area contributed by atoms with Gasteiger partial charge in [-0.15, -0.1) is 5.10 Å². The highest BCUT2D eigenvalue weighted by Crippen LogP contribution is 2.16. The van der Waals surface area contributed by atoms with Crippen LogP contribution in [0.25, 0.3) is 5.69 Å². The third-order valence-electron chi connectivity index (χ3n) is 3.84. The van der Waals surface area contributed by atoms with Crippen molar-refractivity contribution in [2.24, 2.45) is 0 Å². The van der Waals surface area contributed by atoms with E-state index in [9.17, 15) is 9.90 Å². The van der Waals surface area contributed by atoms with Crippen LogP contribution in [0.4, 0.5) is 10.6 Å². The summed E-state index contributed by atoms with van der Waals surface area (Å²) in [6.07, 6.45) is 1.85. The Balaban J connectivity index is 1.70. The molecule has 2 amide bonds. The zero-order valence-corrected chi connectivity index (χ0v) is 13.9. The smallest absolute Gasteiger partial charge is 0.321 e. The highest BCUT2D eigenvalue weighted by Gasteiger charge is 2.15. The normalized spacial score (nSPS) is 11.8. The molecule has 1 heterocycles. The number of nitrogens with one attached hydrogen (secondary N) is 2. The first-order valence-corrected chi connectivity index (χ1v) is 8.02. The fourth-order valence-electron chi connectivity index (χ4n) is 2.52. The molecule has 128 valence electrons. The second-order valence-electron chi connectivity index (χ2n) is 5.69. The van der Waals surface area contributed by atoms with Crippen LogP contribution in [0.5, 0.6) is 0 Å². The van der Waals surface area contributed by atoms with Crippen molar-refractivity contribution >= 4 is 11.8 Å². The largest absolute Gasteiger partial charge is 0.394 e. The number of carbonyl (C=O) groups is 1. The van der Waals surface area contributed by atoms with Gasteiger partial charge in [0.25, 0.3) is 0 Å². The van der Waals surface area contributed by atoms with Gasteiger partial charge in [-0.1, -0.05) is 48.5 Å². The molecule has 1 aromatic heterocycles. The second-order valence-corrected chi connectivity index (χ2v) is 5.69. The molecule has 0 aliphatic carbocycles. The van der Waals surface area contributed by atoms with Gasteiger partial charge in [-0.25, -0.2) is 9.48 Å². The fourth-order valence-corrected chi connectivity index (χ4v) is 2.52. The number of amides is 2. The first-order valence-electron chi connectivity index (χ1n) is 8.02. The summed E-state index contributed by atoms with van der Waals surface area (Å²) in [7, 11) is 0. The minimum atomic E-state index is -0.474. The zero-order chi connectivity index (χ0) is 17.6. The zero-order valence-electron chi connectivity index (χ0n) is 13.9. The van der Waals surface area contributed by atoms with Gasteiger partial charge >= 0.3 is 6.03 Å². The molecule has 3 N–H and O–H groups in total. The predicted octanol–water partition coefficient (Wildman–Crippen LogP) is 3.04. The highest BCUT2D eigenvalue weighted by atomic mass is 16.3. The van der Waals surface area contributed by atoms with Gasteiger partial charge in [0, 0.05) is 11.8 Å². The number of para-hydroxylation sites is 1. The lowest BCUT2D eigenvalue weighted by Crippen LogP contribution is -2.34. The Morgan fingerprint density at radius 2 is 1.76 bits per heavy atom. The monoisotopic (exact) mass is 336 g/mol. The molecule has 3 aromatic rings. The number of urea groups is 1. The summed E-state index contributed by atoms with van der Waals surface area (Å²) in [6, 6.07) is 18.1. The lowest BCUT2D eigenvalue weighted by molar-refractivity contribution is 0.225. The molecule has 2 aromatic carbocycles. The number of hydrogen-bond acceptors (Lipinski definition) is 3. The Kier molecular flexibility index (Phi) is 5.11. The number of hydrogen-bond donors (Lipinski definition) is 3. The van der Waals surface area contributed by atoms with E-state index in [1.165, 1.54) is 0 Å². The quantitative estimate of drug-likeness (QED) is 0.670. The van der Waals surface area contributed by atoms with Crippen molar-refractivity contribution < 1.29 is 9.90 Å². The number of benzene rings is 2. The molecule has 0 radical (unpaired) electrons. The number of aromatic nitrogens is 2. The van der Waals surface area contributed by atoms with Crippen molar-refractivity contribution in [1.29, 1.82) is 0 Å². The molecule has 0 saturated carbocycles. The Hall–Kier alpha value is -3.12. The van der Waals surface area contributed by atoms with Crippen LogP contribution in [0.15, 0.2) is 66.9 Å². The van der Waals surface area contributed by atoms with E-state index in [1.54, 1.807) is 4.68 Å². The van der Waals surface area contributed by atoms with Crippen LogP contribution in [-0.4, -0.2) is 27.5 Å². The van der Waals surface area contributed by atoms with Crippen LogP contribution < -0.4 is 10.6 Å². The minimum Gasteiger partial charge on any atom is -0.394 e. The predicted molar refractivity (Wildman–Crippen MR) is 96.7 cm³/mol. The van der Waals surface area contributed by atoms with Gasteiger partial charge in [-0.3, -0.25) is 5.32 Å². The summed E-state index contributed by atoms with van der Waals surface area (Å²) >= 11 is 0. The number of aliphatic hydroxyl groups is 1. The average Bonchev–Trinajstić information content (AvgIpc) is 3.01. The van der Waals surface area contributed by atoms with Gasteiger partial charge in [0.1, 0.15) is 0 Å². The summed E-state index contributed by atoms with van der Waals surface area (Å²) in [5.74, 6) is 0.478. The number of aryl methyl sites for hydroxylation is 1. The minimum absolute atomic E-state index is 0.186. The Morgan fingerprint density at radius 3 is 2.40 bits per heavy atom. The molecule has 3 rings (SSSR count).